The second-order valence-corrected chi connectivity index (χ2v) is 7.53. The number of hydrogen-bond acceptors (Lipinski definition) is 3. The quantitative estimate of drug-likeness (QED) is 0.436. The fourth-order valence-electron chi connectivity index (χ4n) is 3.26. The van der Waals surface area contributed by atoms with Crippen LogP contribution in [0, 0.1) is 6.92 Å². The van der Waals surface area contributed by atoms with Crippen molar-refractivity contribution in [2.45, 2.75) is 26.9 Å². The summed E-state index contributed by atoms with van der Waals surface area (Å²) in [6, 6.07) is 18.8. The number of pyridine rings is 1. The Balaban J connectivity index is 1.47. The summed E-state index contributed by atoms with van der Waals surface area (Å²) >= 11 is 5.90. The molecule has 4 aromatic rings. The lowest BCUT2D eigenvalue weighted by Gasteiger charge is -2.09. The molecule has 0 saturated heterocycles. The van der Waals surface area contributed by atoms with E-state index in [-0.39, 0.29) is 5.91 Å². The predicted molar refractivity (Wildman–Crippen MR) is 119 cm³/mol. The number of carbonyl (C=O) groups is 1. The number of aryl methyl sites for hydroxylation is 2. The Morgan fingerprint density at radius 1 is 1.07 bits per heavy atom. The minimum atomic E-state index is -0.181. The third kappa shape index (κ3) is 4.31. The number of anilines is 1. The van der Waals surface area contributed by atoms with Gasteiger partial charge in [0.05, 0.1) is 5.69 Å². The molecule has 0 saturated carbocycles. The van der Waals surface area contributed by atoms with Gasteiger partial charge in [-0.15, -0.1) is 0 Å². The first-order chi connectivity index (χ1) is 14.5. The van der Waals surface area contributed by atoms with Gasteiger partial charge in [-0.05, 0) is 66.9 Å². The second-order valence-electron chi connectivity index (χ2n) is 7.09. The van der Waals surface area contributed by atoms with Gasteiger partial charge in [-0.25, -0.2) is 4.98 Å². The van der Waals surface area contributed by atoms with Crippen LogP contribution < -0.4 is 10.1 Å². The predicted octanol–water partition coefficient (Wildman–Crippen LogP) is 5.69. The highest BCUT2D eigenvalue weighted by molar-refractivity contribution is 6.30. The second kappa shape index (κ2) is 8.59. The smallest absolute Gasteiger partial charge is 0.274 e. The van der Waals surface area contributed by atoms with Crippen molar-refractivity contribution in [3.05, 3.63) is 94.4 Å². The number of carbonyl (C=O) groups excluding carboxylic acids is 1. The van der Waals surface area contributed by atoms with Gasteiger partial charge < -0.3 is 10.1 Å². The molecular weight excluding hydrogens is 398 g/mol. The van der Waals surface area contributed by atoms with Crippen molar-refractivity contribution < 1.29 is 9.53 Å². The first-order valence-electron chi connectivity index (χ1n) is 9.79. The molecule has 2 aromatic heterocycles. The van der Waals surface area contributed by atoms with E-state index >= 15 is 0 Å². The van der Waals surface area contributed by atoms with Gasteiger partial charge in [-0.1, -0.05) is 36.7 Å². The molecule has 5 nitrogen and oxygen atoms in total. The van der Waals surface area contributed by atoms with E-state index in [2.05, 4.69) is 10.3 Å². The molecule has 1 amide bonds. The molecule has 0 aliphatic carbocycles. The molecule has 4 rings (SSSR count). The van der Waals surface area contributed by atoms with E-state index in [0.29, 0.717) is 29.4 Å². The average molecular weight is 420 g/mol. The van der Waals surface area contributed by atoms with Crippen LogP contribution in [-0.2, 0) is 13.0 Å². The van der Waals surface area contributed by atoms with E-state index in [1.165, 1.54) is 0 Å². The number of imidazole rings is 1. The zero-order valence-corrected chi connectivity index (χ0v) is 17.6. The molecule has 0 aliphatic heterocycles. The number of nitrogens with zero attached hydrogens (tertiary/aromatic N) is 2. The topological polar surface area (TPSA) is 55.6 Å². The monoisotopic (exact) mass is 419 g/mol. The van der Waals surface area contributed by atoms with E-state index in [9.17, 15) is 4.79 Å². The zero-order chi connectivity index (χ0) is 21.1. The SMILES string of the molecule is CCc1nc2ccc(C)cn2c1C(=O)Nc1ccc(OCc2ccc(Cl)cc2)cc1. The molecule has 30 heavy (non-hydrogen) atoms. The number of aromatic nitrogens is 2. The molecule has 0 aliphatic rings. The van der Waals surface area contributed by atoms with Gasteiger partial charge in [0.1, 0.15) is 23.7 Å². The van der Waals surface area contributed by atoms with Gasteiger partial charge in [-0.2, -0.15) is 0 Å². The molecule has 2 aromatic carbocycles. The van der Waals surface area contributed by atoms with E-state index in [4.69, 9.17) is 16.3 Å². The van der Waals surface area contributed by atoms with E-state index in [1.54, 1.807) is 0 Å². The average Bonchev–Trinajstić information content (AvgIpc) is 3.12. The van der Waals surface area contributed by atoms with Crippen molar-refractivity contribution in [2.24, 2.45) is 0 Å². The van der Waals surface area contributed by atoms with Crippen molar-refractivity contribution in [3.8, 4) is 5.75 Å². The van der Waals surface area contributed by atoms with Crippen molar-refractivity contribution >= 4 is 28.8 Å². The molecule has 0 fully saturated rings. The first-order valence-corrected chi connectivity index (χ1v) is 10.2. The maximum Gasteiger partial charge on any atom is 0.274 e. The van der Waals surface area contributed by atoms with Crippen LogP contribution in [-0.4, -0.2) is 15.3 Å². The minimum absolute atomic E-state index is 0.181. The Morgan fingerprint density at radius 3 is 2.50 bits per heavy atom. The van der Waals surface area contributed by atoms with Gasteiger partial charge in [-0.3, -0.25) is 9.20 Å². The van der Waals surface area contributed by atoms with Crippen LogP contribution >= 0.6 is 11.6 Å². The normalized spacial score (nSPS) is 10.9. The Hall–Kier alpha value is -3.31. The summed E-state index contributed by atoms with van der Waals surface area (Å²) in [6.07, 6.45) is 2.62. The number of nitrogens with one attached hydrogen (secondary N) is 1. The molecular formula is C24H22ClN3O2. The standard InChI is InChI=1S/C24H22ClN3O2/c1-3-21-23(28-14-16(2)4-13-22(28)27-21)24(29)26-19-9-11-20(12-10-19)30-15-17-5-7-18(25)8-6-17/h4-14H,3,15H2,1-2H3,(H,26,29). The molecule has 0 spiro atoms. The lowest BCUT2D eigenvalue weighted by molar-refractivity contribution is 0.102. The highest BCUT2D eigenvalue weighted by Gasteiger charge is 2.18. The van der Waals surface area contributed by atoms with Crippen LogP contribution in [0.3, 0.4) is 0 Å². The summed E-state index contributed by atoms with van der Waals surface area (Å²) in [6.45, 7) is 4.44. The van der Waals surface area contributed by atoms with Crippen LogP contribution in [0.25, 0.3) is 5.65 Å². The third-order valence-corrected chi connectivity index (χ3v) is 5.07. The van der Waals surface area contributed by atoms with Crippen molar-refractivity contribution in [3.63, 3.8) is 0 Å². The van der Waals surface area contributed by atoms with Gasteiger partial charge in [0, 0.05) is 16.9 Å². The molecule has 152 valence electrons. The van der Waals surface area contributed by atoms with Gasteiger partial charge in [0.15, 0.2) is 0 Å². The van der Waals surface area contributed by atoms with Crippen LogP contribution in [0.15, 0.2) is 66.9 Å². The molecule has 1 N–H and O–H groups in total. The number of hydrogen-bond donors (Lipinski definition) is 1. The van der Waals surface area contributed by atoms with Gasteiger partial charge in [0.25, 0.3) is 5.91 Å². The summed E-state index contributed by atoms with van der Waals surface area (Å²) in [5, 5.41) is 3.67. The lowest BCUT2D eigenvalue weighted by Crippen LogP contribution is -2.16. The summed E-state index contributed by atoms with van der Waals surface area (Å²) in [7, 11) is 0. The first kappa shape index (κ1) is 20.0. The number of rotatable bonds is 6. The summed E-state index contributed by atoms with van der Waals surface area (Å²) < 4.78 is 7.66. The Morgan fingerprint density at radius 2 is 1.80 bits per heavy atom. The fraction of sp³-hybridized carbons (Fsp3) is 0.167. The molecule has 0 bridgehead atoms. The maximum absolute atomic E-state index is 13.0. The Labute approximate surface area is 180 Å². The van der Waals surface area contributed by atoms with Gasteiger partial charge in [0.2, 0.25) is 0 Å². The highest BCUT2D eigenvalue weighted by Crippen LogP contribution is 2.20. The number of fused-ring (bicyclic) bond motifs is 1. The number of ether oxygens (including phenoxy) is 1. The Bertz CT molecular complexity index is 1180. The Kier molecular flexibility index (Phi) is 5.72. The summed E-state index contributed by atoms with van der Waals surface area (Å²) in [4.78, 5) is 17.6. The molecule has 2 heterocycles. The summed E-state index contributed by atoms with van der Waals surface area (Å²) in [5.41, 5.74) is 4.92. The van der Waals surface area contributed by atoms with Crippen molar-refractivity contribution in [1.29, 1.82) is 0 Å². The lowest BCUT2D eigenvalue weighted by atomic mass is 10.2. The molecule has 0 unspecified atom stereocenters. The zero-order valence-electron chi connectivity index (χ0n) is 16.9. The maximum atomic E-state index is 13.0. The largest absolute Gasteiger partial charge is 0.489 e. The van der Waals surface area contributed by atoms with E-state index in [0.717, 1.165) is 28.2 Å². The van der Waals surface area contributed by atoms with Crippen LogP contribution in [0.4, 0.5) is 5.69 Å². The van der Waals surface area contributed by atoms with E-state index < -0.39 is 0 Å². The van der Waals surface area contributed by atoms with Crippen molar-refractivity contribution in [2.75, 3.05) is 5.32 Å². The van der Waals surface area contributed by atoms with Crippen LogP contribution in [0.5, 0.6) is 5.75 Å². The summed E-state index contributed by atoms with van der Waals surface area (Å²) in [5.74, 6) is 0.544. The number of amides is 1. The number of halogens is 1. The van der Waals surface area contributed by atoms with Crippen LogP contribution in [0.2, 0.25) is 5.02 Å². The third-order valence-electron chi connectivity index (χ3n) is 4.82. The van der Waals surface area contributed by atoms with Crippen molar-refractivity contribution in [1.82, 2.24) is 9.38 Å². The van der Waals surface area contributed by atoms with Gasteiger partial charge >= 0.3 is 0 Å². The van der Waals surface area contributed by atoms with E-state index in [1.807, 2.05) is 85.1 Å². The molecule has 0 radical (unpaired) electrons. The van der Waals surface area contributed by atoms with Crippen LogP contribution in [0.1, 0.15) is 34.2 Å². The molecule has 0 atom stereocenters. The fourth-order valence-corrected chi connectivity index (χ4v) is 3.38. The minimum Gasteiger partial charge on any atom is -0.489 e. The molecule has 6 heteroatoms. The highest BCUT2D eigenvalue weighted by atomic mass is 35.5. The number of benzene rings is 2.